The maximum atomic E-state index is 5.50. The van der Waals surface area contributed by atoms with Crippen molar-refractivity contribution in [2.75, 3.05) is 19.7 Å². The van der Waals surface area contributed by atoms with E-state index in [1.165, 1.54) is 0 Å². The molecule has 0 radical (unpaired) electrons. The second-order valence-electron chi connectivity index (χ2n) is 3.38. The number of oxazole rings is 1. The van der Waals surface area contributed by atoms with Gasteiger partial charge in [-0.15, -0.1) is 0 Å². The predicted octanol–water partition coefficient (Wildman–Crippen LogP) is 1.75. The van der Waals surface area contributed by atoms with E-state index in [1.807, 2.05) is 0 Å². The molecule has 0 aromatic carbocycles. The zero-order valence-corrected chi connectivity index (χ0v) is 9.58. The van der Waals surface area contributed by atoms with Crippen LogP contribution in [0.25, 0.3) is 0 Å². The molecule has 0 saturated carbocycles. The molecule has 1 N–H and O–H groups in total. The largest absolute Gasteiger partial charge is 0.443 e. The fourth-order valence-corrected chi connectivity index (χ4v) is 1.22. The molecule has 0 bridgehead atoms. The highest BCUT2D eigenvalue weighted by Gasteiger charge is 2.03. The molecule has 1 heterocycles. The molecule has 0 aliphatic carbocycles. The Bertz CT molecular complexity index is 236. The maximum Gasteiger partial charge on any atom is 0.195 e. The standard InChI is InChI=1S/C11H20N2O2/c1-3-7-14-9-10-8-13-11(15-10)5-6-12-4-2/h8,12H,3-7,9H2,1-2H3. The summed E-state index contributed by atoms with van der Waals surface area (Å²) in [4.78, 5) is 4.18. The van der Waals surface area contributed by atoms with Crippen molar-refractivity contribution in [3.8, 4) is 0 Å². The average molecular weight is 212 g/mol. The third-order valence-corrected chi connectivity index (χ3v) is 1.96. The molecular formula is C11H20N2O2. The number of nitrogens with zero attached hydrogens (tertiary/aromatic N) is 1. The lowest BCUT2D eigenvalue weighted by Gasteiger charge is -1.98. The van der Waals surface area contributed by atoms with Crippen LogP contribution in [-0.4, -0.2) is 24.7 Å². The molecule has 86 valence electrons. The monoisotopic (exact) mass is 212 g/mol. The summed E-state index contributed by atoms with van der Waals surface area (Å²) >= 11 is 0. The minimum absolute atomic E-state index is 0.530. The lowest BCUT2D eigenvalue weighted by molar-refractivity contribution is 0.106. The fraction of sp³-hybridized carbons (Fsp3) is 0.727. The first kappa shape index (κ1) is 12.2. The first-order valence-electron chi connectivity index (χ1n) is 5.58. The van der Waals surface area contributed by atoms with Gasteiger partial charge in [0.25, 0.3) is 0 Å². The van der Waals surface area contributed by atoms with Crippen LogP contribution in [0.2, 0.25) is 0 Å². The summed E-state index contributed by atoms with van der Waals surface area (Å²) in [6, 6.07) is 0. The van der Waals surface area contributed by atoms with Crippen LogP contribution in [0.4, 0.5) is 0 Å². The minimum atomic E-state index is 0.530. The Balaban J connectivity index is 2.23. The van der Waals surface area contributed by atoms with Gasteiger partial charge in [0.1, 0.15) is 12.4 Å². The van der Waals surface area contributed by atoms with E-state index in [2.05, 4.69) is 24.1 Å². The van der Waals surface area contributed by atoms with Crippen LogP contribution in [0, 0.1) is 0 Å². The topological polar surface area (TPSA) is 47.3 Å². The van der Waals surface area contributed by atoms with Gasteiger partial charge >= 0.3 is 0 Å². The molecule has 1 rings (SSSR count). The number of likely N-dealkylation sites (N-methyl/N-ethyl adjacent to an activating group) is 1. The molecule has 1 aromatic rings. The van der Waals surface area contributed by atoms with Crippen LogP contribution >= 0.6 is 0 Å². The average Bonchev–Trinajstić information content (AvgIpc) is 2.67. The van der Waals surface area contributed by atoms with E-state index in [0.29, 0.717) is 6.61 Å². The van der Waals surface area contributed by atoms with E-state index in [1.54, 1.807) is 6.20 Å². The molecule has 15 heavy (non-hydrogen) atoms. The Morgan fingerprint density at radius 3 is 3.07 bits per heavy atom. The summed E-state index contributed by atoms with van der Waals surface area (Å²) in [6.07, 6.45) is 3.61. The fourth-order valence-electron chi connectivity index (χ4n) is 1.22. The molecule has 0 unspecified atom stereocenters. The van der Waals surface area contributed by atoms with Crippen molar-refractivity contribution in [2.45, 2.75) is 33.3 Å². The van der Waals surface area contributed by atoms with Gasteiger partial charge in [0.2, 0.25) is 0 Å². The number of ether oxygens (including phenoxy) is 1. The minimum Gasteiger partial charge on any atom is -0.443 e. The van der Waals surface area contributed by atoms with Gasteiger partial charge in [-0.3, -0.25) is 0 Å². The van der Waals surface area contributed by atoms with Gasteiger partial charge in [-0.25, -0.2) is 4.98 Å². The van der Waals surface area contributed by atoms with Crippen LogP contribution < -0.4 is 5.32 Å². The van der Waals surface area contributed by atoms with Crippen LogP contribution in [0.5, 0.6) is 0 Å². The number of hydrogen-bond donors (Lipinski definition) is 1. The van der Waals surface area contributed by atoms with Crippen molar-refractivity contribution in [2.24, 2.45) is 0 Å². The SMILES string of the molecule is CCCOCc1cnc(CCNCC)o1. The van der Waals surface area contributed by atoms with E-state index in [-0.39, 0.29) is 0 Å². The number of nitrogens with one attached hydrogen (secondary N) is 1. The van der Waals surface area contributed by atoms with Crippen LogP contribution in [0.15, 0.2) is 10.6 Å². The third-order valence-electron chi connectivity index (χ3n) is 1.96. The summed E-state index contributed by atoms with van der Waals surface area (Å²) in [5.41, 5.74) is 0. The predicted molar refractivity (Wildman–Crippen MR) is 58.7 cm³/mol. The van der Waals surface area contributed by atoms with E-state index in [0.717, 1.165) is 44.2 Å². The molecular weight excluding hydrogens is 192 g/mol. The highest BCUT2D eigenvalue weighted by molar-refractivity contribution is 4.92. The quantitative estimate of drug-likeness (QED) is 0.667. The molecule has 0 spiro atoms. The third kappa shape index (κ3) is 4.95. The second kappa shape index (κ2) is 7.43. The lowest BCUT2D eigenvalue weighted by Crippen LogP contribution is -2.16. The highest BCUT2D eigenvalue weighted by Crippen LogP contribution is 2.05. The molecule has 0 amide bonds. The van der Waals surface area contributed by atoms with Crippen molar-refractivity contribution in [1.29, 1.82) is 0 Å². The molecule has 0 aliphatic rings. The van der Waals surface area contributed by atoms with Gasteiger partial charge in [0.15, 0.2) is 5.89 Å². The highest BCUT2D eigenvalue weighted by atomic mass is 16.5. The van der Waals surface area contributed by atoms with Crippen LogP contribution in [-0.2, 0) is 17.8 Å². The Hall–Kier alpha value is -0.870. The van der Waals surface area contributed by atoms with Crippen molar-refractivity contribution < 1.29 is 9.15 Å². The normalized spacial score (nSPS) is 10.8. The molecule has 1 aromatic heterocycles. The Morgan fingerprint density at radius 2 is 2.33 bits per heavy atom. The molecule has 0 fully saturated rings. The number of rotatable bonds is 8. The van der Waals surface area contributed by atoms with Gasteiger partial charge in [-0.1, -0.05) is 13.8 Å². The second-order valence-corrected chi connectivity index (χ2v) is 3.38. The van der Waals surface area contributed by atoms with Crippen LogP contribution in [0.1, 0.15) is 31.9 Å². The van der Waals surface area contributed by atoms with Gasteiger partial charge < -0.3 is 14.5 Å². The zero-order valence-electron chi connectivity index (χ0n) is 9.58. The van der Waals surface area contributed by atoms with Crippen LogP contribution in [0.3, 0.4) is 0 Å². The van der Waals surface area contributed by atoms with E-state index >= 15 is 0 Å². The molecule has 4 nitrogen and oxygen atoms in total. The molecule has 0 atom stereocenters. The summed E-state index contributed by atoms with van der Waals surface area (Å²) in [7, 11) is 0. The Morgan fingerprint density at radius 1 is 1.47 bits per heavy atom. The summed E-state index contributed by atoms with van der Waals surface area (Å²) in [5, 5.41) is 3.23. The smallest absolute Gasteiger partial charge is 0.195 e. The van der Waals surface area contributed by atoms with Crippen molar-refractivity contribution >= 4 is 0 Å². The molecule has 0 saturated heterocycles. The van der Waals surface area contributed by atoms with Gasteiger partial charge in [-0.05, 0) is 13.0 Å². The summed E-state index contributed by atoms with van der Waals surface area (Å²) in [6.45, 7) is 7.36. The molecule has 0 aliphatic heterocycles. The van der Waals surface area contributed by atoms with Crippen molar-refractivity contribution in [1.82, 2.24) is 10.3 Å². The number of hydrogen-bond acceptors (Lipinski definition) is 4. The van der Waals surface area contributed by atoms with Gasteiger partial charge in [0.05, 0.1) is 6.20 Å². The van der Waals surface area contributed by atoms with Crippen molar-refractivity contribution in [3.05, 3.63) is 17.8 Å². The van der Waals surface area contributed by atoms with Gasteiger partial charge in [0, 0.05) is 19.6 Å². The van der Waals surface area contributed by atoms with E-state index in [9.17, 15) is 0 Å². The summed E-state index contributed by atoms with van der Waals surface area (Å²) in [5.74, 6) is 1.60. The van der Waals surface area contributed by atoms with Crippen molar-refractivity contribution in [3.63, 3.8) is 0 Å². The summed E-state index contributed by atoms with van der Waals surface area (Å²) < 4.78 is 10.9. The Labute approximate surface area is 91.0 Å². The first-order valence-corrected chi connectivity index (χ1v) is 5.58. The first-order chi connectivity index (χ1) is 7.36. The molecule has 4 heteroatoms. The van der Waals surface area contributed by atoms with E-state index in [4.69, 9.17) is 9.15 Å². The maximum absolute atomic E-state index is 5.50. The lowest BCUT2D eigenvalue weighted by atomic mass is 10.4. The van der Waals surface area contributed by atoms with E-state index < -0.39 is 0 Å². The number of aromatic nitrogens is 1. The Kier molecular flexibility index (Phi) is 6.04. The zero-order chi connectivity index (χ0) is 10.9. The van der Waals surface area contributed by atoms with Gasteiger partial charge in [-0.2, -0.15) is 0 Å².